The third-order valence-electron chi connectivity index (χ3n) is 3.19. The molecule has 3 rings (SSSR count). The van der Waals surface area contributed by atoms with Crippen LogP contribution in [-0.2, 0) is 9.53 Å². The number of halogens is 1. The number of fused-ring (bicyclic) bond motifs is 1. The summed E-state index contributed by atoms with van der Waals surface area (Å²) in [5.41, 5.74) is 0.661. The highest BCUT2D eigenvalue weighted by Crippen LogP contribution is 2.38. The average Bonchev–Trinajstić information content (AvgIpc) is 3.24. The third kappa shape index (κ3) is 3.43. The zero-order valence-electron chi connectivity index (χ0n) is 11.0. The van der Waals surface area contributed by atoms with Gasteiger partial charge in [0.1, 0.15) is 19.8 Å². The molecule has 0 atom stereocenters. The molecule has 1 saturated carbocycles. The van der Waals surface area contributed by atoms with Crippen LogP contribution in [0.25, 0.3) is 0 Å². The van der Waals surface area contributed by atoms with Crippen molar-refractivity contribution in [1.82, 2.24) is 0 Å². The molecule has 20 heavy (non-hydrogen) atoms. The fourth-order valence-electron chi connectivity index (χ4n) is 1.95. The molecule has 1 aliphatic carbocycles. The first-order chi connectivity index (χ1) is 9.72. The first-order valence-electron chi connectivity index (χ1n) is 6.69. The fraction of sp³-hybridized carbons (Fsp3) is 0.500. The maximum absolute atomic E-state index is 11.8. The molecule has 0 aromatic heterocycles. The van der Waals surface area contributed by atoms with Crippen molar-refractivity contribution in [2.45, 2.75) is 12.8 Å². The normalized spacial score (nSPS) is 16.9. The minimum Gasteiger partial charge on any atom is -0.486 e. The lowest BCUT2D eigenvalue weighted by molar-refractivity contribution is -0.120. The molecule has 6 heteroatoms. The minimum atomic E-state index is -0.164. The van der Waals surface area contributed by atoms with Crippen molar-refractivity contribution >= 4 is 27.5 Å². The van der Waals surface area contributed by atoms with Gasteiger partial charge in [0, 0.05) is 16.6 Å². The maximum atomic E-state index is 11.8. The molecule has 1 N–H and O–H groups in total. The molecule has 1 heterocycles. The standard InChI is InChI=1S/C14H16BrNO4/c15-10-5-12-13(20-4-3-19-12)6-11(10)16-14(17)8-18-7-9-1-2-9/h5-6,9H,1-4,7-8H2,(H,16,17). The summed E-state index contributed by atoms with van der Waals surface area (Å²) in [5, 5.41) is 2.81. The Morgan fingerprint density at radius 3 is 2.70 bits per heavy atom. The van der Waals surface area contributed by atoms with Crippen LogP contribution in [-0.4, -0.2) is 32.3 Å². The lowest BCUT2D eigenvalue weighted by Crippen LogP contribution is -2.20. The number of carbonyl (C=O) groups is 1. The number of carbonyl (C=O) groups excluding carboxylic acids is 1. The summed E-state index contributed by atoms with van der Waals surface area (Å²) >= 11 is 3.41. The van der Waals surface area contributed by atoms with Crippen molar-refractivity contribution < 1.29 is 19.0 Å². The molecule has 0 radical (unpaired) electrons. The Hall–Kier alpha value is -1.27. The number of nitrogens with one attached hydrogen (secondary N) is 1. The summed E-state index contributed by atoms with van der Waals surface area (Å²) in [6.45, 7) is 1.82. The van der Waals surface area contributed by atoms with Gasteiger partial charge in [0.05, 0.1) is 12.3 Å². The number of anilines is 1. The highest BCUT2D eigenvalue weighted by Gasteiger charge is 2.22. The highest BCUT2D eigenvalue weighted by atomic mass is 79.9. The van der Waals surface area contributed by atoms with E-state index in [0.29, 0.717) is 42.9 Å². The molecule has 2 aliphatic rings. The van der Waals surface area contributed by atoms with Crippen LogP contribution in [0.5, 0.6) is 11.5 Å². The predicted molar refractivity (Wildman–Crippen MR) is 77.3 cm³/mol. The van der Waals surface area contributed by atoms with E-state index in [1.165, 1.54) is 12.8 Å². The lowest BCUT2D eigenvalue weighted by Gasteiger charge is -2.20. The monoisotopic (exact) mass is 341 g/mol. The van der Waals surface area contributed by atoms with E-state index >= 15 is 0 Å². The van der Waals surface area contributed by atoms with E-state index in [-0.39, 0.29) is 12.5 Å². The lowest BCUT2D eigenvalue weighted by atomic mass is 10.2. The predicted octanol–water partition coefficient (Wildman–Crippen LogP) is 2.59. The second kappa shape index (κ2) is 6.01. The van der Waals surface area contributed by atoms with Gasteiger partial charge in [-0.3, -0.25) is 4.79 Å². The van der Waals surface area contributed by atoms with E-state index in [1.807, 2.05) is 0 Å². The van der Waals surface area contributed by atoms with Crippen LogP contribution < -0.4 is 14.8 Å². The van der Waals surface area contributed by atoms with Crippen LogP contribution in [0, 0.1) is 5.92 Å². The summed E-state index contributed by atoms with van der Waals surface area (Å²) in [5.74, 6) is 1.83. The van der Waals surface area contributed by atoms with Gasteiger partial charge in [0.15, 0.2) is 11.5 Å². The summed E-state index contributed by atoms with van der Waals surface area (Å²) < 4.78 is 17.1. The van der Waals surface area contributed by atoms with Gasteiger partial charge in [-0.15, -0.1) is 0 Å². The molecular weight excluding hydrogens is 326 g/mol. The zero-order chi connectivity index (χ0) is 13.9. The van der Waals surface area contributed by atoms with E-state index in [0.717, 1.165) is 4.47 Å². The SMILES string of the molecule is O=C(COCC1CC1)Nc1cc2c(cc1Br)OCCO2. The minimum absolute atomic E-state index is 0.0807. The van der Waals surface area contributed by atoms with Gasteiger partial charge in [-0.05, 0) is 34.7 Å². The average molecular weight is 342 g/mol. The van der Waals surface area contributed by atoms with E-state index in [2.05, 4.69) is 21.2 Å². The quantitative estimate of drug-likeness (QED) is 0.894. The van der Waals surface area contributed by atoms with Gasteiger partial charge in [-0.25, -0.2) is 0 Å². The first-order valence-corrected chi connectivity index (χ1v) is 7.48. The number of amides is 1. The molecule has 1 fully saturated rings. The van der Waals surface area contributed by atoms with Crippen molar-refractivity contribution in [3.63, 3.8) is 0 Å². The summed E-state index contributed by atoms with van der Waals surface area (Å²) in [6, 6.07) is 3.56. The maximum Gasteiger partial charge on any atom is 0.250 e. The Morgan fingerprint density at radius 2 is 2.00 bits per heavy atom. The van der Waals surface area contributed by atoms with Crippen LogP contribution in [0.2, 0.25) is 0 Å². The van der Waals surface area contributed by atoms with Gasteiger partial charge in [-0.2, -0.15) is 0 Å². The zero-order valence-corrected chi connectivity index (χ0v) is 12.6. The Kier molecular flexibility index (Phi) is 4.12. The number of hydrogen-bond donors (Lipinski definition) is 1. The van der Waals surface area contributed by atoms with Crippen molar-refractivity contribution in [1.29, 1.82) is 0 Å². The Labute approximate surface area is 125 Å². The van der Waals surface area contributed by atoms with Crippen molar-refractivity contribution in [3.05, 3.63) is 16.6 Å². The summed E-state index contributed by atoms with van der Waals surface area (Å²) in [6.07, 6.45) is 2.44. The van der Waals surface area contributed by atoms with E-state index < -0.39 is 0 Å². The summed E-state index contributed by atoms with van der Waals surface area (Å²) in [4.78, 5) is 11.8. The Bertz CT molecular complexity index is 516. The number of benzene rings is 1. The largest absolute Gasteiger partial charge is 0.486 e. The van der Waals surface area contributed by atoms with Gasteiger partial charge in [0.25, 0.3) is 0 Å². The molecule has 0 unspecified atom stereocenters. The molecule has 1 amide bonds. The molecule has 5 nitrogen and oxygen atoms in total. The van der Waals surface area contributed by atoms with Gasteiger partial charge < -0.3 is 19.5 Å². The van der Waals surface area contributed by atoms with E-state index in [9.17, 15) is 4.79 Å². The molecular formula is C14H16BrNO4. The highest BCUT2D eigenvalue weighted by molar-refractivity contribution is 9.10. The van der Waals surface area contributed by atoms with Gasteiger partial charge in [-0.1, -0.05) is 0 Å². The fourth-order valence-corrected chi connectivity index (χ4v) is 2.37. The van der Waals surface area contributed by atoms with Crippen molar-refractivity contribution in [2.75, 3.05) is 31.7 Å². The van der Waals surface area contributed by atoms with Crippen LogP contribution in [0.15, 0.2) is 16.6 Å². The van der Waals surface area contributed by atoms with Crippen molar-refractivity contribution in [2.24, 2.45) is 5.92 Å². The molecule has 1 aliphatic heterocycles. The number of rotatable bonds is 5. The second-order valence-corrected chi connectivity index (χ2v) is 5.84. The smallest absolute Gasteiger partial charge is 0.250 e. The van der Waals surface area contributed by atoms with E-state index in [1.54, 1.807) is 12.1 Å². The Morgan fingerprint density at radius 1 is 1.30 bits per heavy atom. The molecule has 0 bridgehead atoms. The number of hydrogen-bond acceptors (Lipinski definition) is 4. The first kappa shape index (κ1) is 13.7. The van der Waals surface area contributed by atoms with Crippen LogP contribution in [0.4, 0.5) is 5.69 Å². The van der Waals surface area contributed by atoms with Crippen LogP contribution in [0.3, 0.4) is 0 Å². The molecule has 108 valence electrons. The van der Waals surface area contributed by atoms with E-state index in [4.69, 9.17) is 14.2 Å². The molecule has 1 aromatic carbocycles. The van der Waals surface area contributed by atoms with Gasteiger partial charge in [0.2, 0.25) is 5.91 Å². The molecule has 1 aromatic rings. The second-order valence-electron chi connectivity index (χ2n) is 4.98. The van der Waals surface area contributed by atoms with Gasteiger partial charge >= 0.3 is 0 Å². The summed E-state index contributed by atoms with van der Waals surface area (Å²) in [7, 11) is 0. The number of ether oxygens (including phenoxy) is 3. The molecule has 0 spiro atoms. The molecule has 0 saturated heterocycles. The van der Waals surface area contributed by atoms with Crippen LogP contribution in [0.1, 0.15) is 12.8 Å². The topological polar surface area (TPSA) is 56.8 Å². The Balaban J connectivity index is 1.59. The van der Waals surface area contributed by atoms with Crippen LogP contribution >= 0.6 is 15.9 Å². The van der Waals surface area contributed by atoms with Crippen molar-refractivity contribution in [3.8, 4) is 11.5 Å². The third-order valence-corrected chi connectivity index (χ3v) is 3.85.